The van der Waals surface area contributed by atoms with E-state index >= 15 is 0 Å². The Bertz CT molecular complexity index is 1160. The maximum Gasteiger partial charge on any atom is 0.573 e. The van der Waals surface area contributed by atoms with Crippen LogP contribution in [0.25, 0.3) is 5.83 Å². The van der Waals surface area contributed by atoms with Crippen molar-refractivity contribution in [3.63, 3.8) is 0 Å². The van der Waals surface area contributed by atoms with Crippen LogP contribution in [0, 0.1) is 30.4 Å². The first kappa shape index (κ1) is 28.2. The minimum atomic E-state index is -4.94. The Morgan fingerprint density at radius 2 is 1.42 bits per heavy atom. The minimum Gasteiger partial charge on any atom is -0.402 e. The summed E-state index contributed by atoms with van der Waals surface area (Å²) in [4.78, 5) is 0. The molecule has 2 aromatic carbocycles. The molecule has 0 radical (unpaired) electrons. The average Bonchev–Trinajstić information content (AvgIpc) is 2.89. The predicted octanol–water partition coefficient (Wildman–Crippen LogP) is 10.2. The lowest BCUT2D eigenvalue weighted by atomic mass is 9.67. The van der Waals surface area contributed by atoms with Crippen molar-refractivity contribution >= 4 is 5.83 Å². The molecule has 38 heavy (non-hydrogen) atoms. The number of allylic oxidation sites excluding steroid dienone is 2. The topological polar surface area (TPSA) is 9.23 Å². The molecule has 2 saturated carbocycles. The van der Waals surface area contributed by atoms with Crippen molar-refractivity contribution in [1.29, 1.82) is 0 Å². The van der Waals surface area contributed by atoms with Crippen molar-refractivity contribution in [2.75, 3.05) is 0 Å². The quantitative estimate of drug-likeness (QED) is 0.262. The number of halogens is 7. The van der Waals surface area contributed by atoms with Crippen LogP contribution in [0.4, 0.5) is 30.7 Å². The van der Waals surface area contributed by atoms with Gasteiger partial charge in [0, 0.05) is 5.56 Å². The molecular weight excluding hydrogens is 509 g/mol. The molecule has 0 atom stereocenters. The Morgan fingerprint density at radius 3 is 1.92 bits per heavy atom. The Kier molecular flexibility index (Phi) is 8.58. The summed E-state index contributed by atoms with van der Waals surface area (Å²) in [5.41, 5.74) is 1.21. The number of rotatable bonds is 6. The molecule has 2 aromatic rings. The highest BCUT2D eigenvalue weighted by Gasteiger charge is 2.35. The molecule has 2 aliphatic rings. The van der Waals surface area contributed by atoms with Gasteiger partial charge in [0.25, 0.3) is 0 Å². The highest BCUT2D eigenvalue weighted by Crippen LogP contribution is 2.47. The first-order valence-corrected chi connectivity index (χ1v) is 13.0. The van der Waals surface area contributed by atoms with Crippen LogP contribution in [0.1, 0.15) is 85.5 Å². The van der Waals surface area contributed by atoms with Crippen LogP contribution in [-0.2, 0) is 0 Å². The van der Waals surface area contributed by atoms with Gasteiger partial charge in [-0.25, -0.2) is 17.6 Å². The number of ether oxygens (including phenoxy) is 1. The molecule has 0 N–H and O–H groups in total. The molecule has 0 saturated heterocycles. The van der Waals surface area contributed by atoms with Crippen molar-refractivity contribution in [2.45, 2.75) is 76.5 Å². The fourth-order valence-electron chi connectivity index (χ4n) is 6.29. The van der Waals surface area contributed by atoms with Crippen LogP contribution in [0.2, 0.25) is 0 Å². The Hall–Kier alpha value is -2.77. The van der Waals surface area contributed by atoms with Crippen LogP contribution in [0.15, 0.2) is 48.8 Å². The second kappa shape index (κ2) is 11.5. The smallest absolute Gasteiger partial charge is 0.402 e. The van der Waals surface area contributed by atoms with Crippen LogP contribution < -0.4 is 4.74 Å². The number of hydrogen-bond donors (Lipinski definition) is 0. The van der Waals surface area contributed by atoms with E-state index in [0.717, 1.165) is 69.6 Å². The Morgan fingerprint density at radius 1 is 0.842 bits per heavy atom. The third-order valence-corrected chi connectivity index (χ3v) is 8.23. The van der Waals surface area contributed by atoms with Gasteiger partial charge < -0.3 is 4.74 Å². The highest BCUT2D eigenvalue weighted by atomic mass is 19.4. The molecular formula is C30H31F7O. The van der Waals surface area contributed by atoms with Gasteiger partial charge in [0.15, 0.2) is 23.2 Å². The molecule has 0 bridgehead atoms. The lowest BCUT2D eigenvalue weighted by molar-refractivity contribution is -0.275. The SMILES string of the molecule is C=C/C(F)=C(\F)c1ccc(C2CCC(C3CCC(c4cc(C)c(OC(F)(F)F)c(F)c4)CC3)CC2)c(F)c1. The Labute approximate surface area is 218 Å². The summed E-state index contributed by atoms with van der Waals surface area (Å²) in [5.74, 6) is -3.45. The fraction of sp³-hybridized carbons (Fsp3) is 0.467. The molecule has 1 nitrogen and oxygen atoms in total. The molecule has 0 heterocycles. The maximum absolute atomic E-state index is 14.8. The standard InChI is InChI=1S/C30H31F7O/c1-3-25(31)28(34)22-12-13-24(26(32)15-22)21-10-8-19(9-11-21)18-4-6-20(7-5-18)23-14-17(2)29(27(33)16-23)38-30(35,36)37/h3,12-16,18-21H,1,4-11H2,2H3/b28-25+. The molecule has 8 heteroatoms. The van der Waals surface area contributed by atoms with E-state index in [1.54, 1.807) is 12.1 Å². The molecule has 0 spiro atoms. The van der Waals surface area contributed by atoms with Gasteiger partial charge in [-0.15, -0.1) is 13.2 Å². The van der Waals surface area contributed by atoms with Gasteiger partial charge >= 0.3 is 6.36 Å². The van der Waals surface area contributed by atoms with E-state index in [9.17, 15) is 30.7 Å². The van der Waals surface area contributed by atoms with Crippen LogP contribution >= 0.6 is 0 Å². The number of aryl methyl sites for hydroxylation is 1. The van der Waals surface area contributed by atoms with Crippen LogP contribution in [0.3, 0.4) is 0 Å². The number of benzene rings is 2. The van der Waals surface area contributed by atoms with Crippen LogP contribution in [-0.4, -0.2) is 6.36 Å². The minimum absolute atomic E-state index is 0.0244. The van der Waals surface area contributed by atoms with E-state index in [1.165, 1.54) is 13.0 Å². The first-order chi connectivity index (χ1) is 18.0. The summed E-state index contributed by atoms with van der Waals surface area (Å²) in [7, 11) is 0. The molecule has 0 amide bonds. The predicted molar refractivity (Wildman–Crippen MR) is 133 cm³/mol. The second-order valence-corrected chi connectivity index (χ2v) is 10.5. The van der Waals surface area contributed by atoms with Gasteiger partial charge in [-0.3, -0.25) is 0 Å². The van der Waals surface area contributed by atoms with Crippen molar-refractivity contribution in [3.8, 4) is 5.75 Å². The van der Waals surface area contributed by atoms with Gasteiger partial charge in [0.2, 0.25) is 0 Å². The third-order valence-electron chi connectivity index (χ3n) is 8.23. The van der Waals surface area contributed by atoms with E-state index in [1.807, 2.05) is 0 Å². The summed E-state index contributed by atoms with van der Waals surface area (Å²) in [6, 6.07) is 6.73. The number of hydrogen-bond acceptors (Lipinski definition) is 1. The third kappa shape index (κ3) is 6.44. The monoisotopic (exact) mass is 540 g/mol. The van der Waals surface area contributed by atoms with Crippen molar-refractivity contribution in [3.05, 3.63) is 82.7 Å². The summed E-state index contributed by atoms with van der Waals surface area (Å²) >= 11 is 0. The average molecular weight is 541 g/mol. The summed E-state index contributed by atoms with van der Waals surface area (Å²) in [6.45, 7) is 4.60. The molecule has 2 fully saturated rings. The second-order valence-electron chi connectivity index (χ2n) is 10.5. The molecule has 2 aliphatic carbocycles. The van der Waals surface area contributed by atoms with Gasteiger partial charge in [0.1, 0.15) is 5.82 Å². The van der Waals surface area contributed by atoms with Gasteiger partial charge in [0.05, 0.1) is 0 Å². The van der Waals surface area contributed by atoms with Crippen molar-refractivity contribution < 1.29 is 35.5 Å². The lowest BCUT2D eigenvalue weighted by Crippen LogP contribution is -2.25. The van der Waals surface area contributed by atoms with E-state index in [2.05, 4.69) is 11.3 Å². The zero-order valence-corrected chi connectivity index (χ0v) is 21.2. The maximum atomic E-state index is 14.8. The highest BCUT2D eigenvalue weighted by molar-refractivity contribution is 5.63. The molecule has 0 aromatic heterocycles. The fourth-order valence-corrected chi connectivity index (χ4v) is 6.29. The lowest BCUT2D eigenvalue weighted by Gasteiger charge is -2.38. The van der Waals surface area contributed by atoms with E-state index in [-0.39, 0.29) is 23.0 Å². The Balaban J connectivity index is 1.32. The van der Waals surface area contributed by atoms with Crippen molar-refractivity contribution in [1.82, 2.24) is 0 Å². The molecule has 206 valence electrons. The molecule has 4 rings (SSSR count). The van der Waals surface area contributed by atoms with Gasteiger partial charge in [-0.1, -0.05) is 24.8 Å². The molecule has 0 unspecified atom stereocenters. The summed E-state index contributed by atoms with van der Waals surface area (Å²) in [6.07, 6.45) is 2.87. The largest absolute Gasteiger partial charge is 0.573 e. The summed E-state index contributed by atoms with van der Waals surface area (Å²) in [5, 5.41) is 0. The first-order valence-electron chi connectivity index (χ1n) is 13.0. The van der Waals surface area contributed by atoms with Crippen LogP contribution in [0.5, 0.6) is 5.75 Å². The van der Waals surface area contributed by atoms with Gasteiger partial charge in [-0.2, -0.15) is 0 Å². The van der Waals surface area contributed by atoms with E-state index < -0.39 is 35.4 Å². The zero-order chi connectivity index (χ0) is 27.6. The normalized spacial score (nSPS) is 25.1. The van der Waals surface area contributed by atoms with Crippen molar-refractivity contribution in [2.24, 2.45) is 11.8 Å². The van der Waals surface area contributed by atoms with Gasteiger partial charge in [-0.05, 0) is 117 Å². The number of alkyl halides is 3. The molecule has 0 aliphatic heterocycles. The zero-order valence-electron chi connectivity index (χ0n) is 21.2. The summed E-state index contributed by atoms with van der Waals surface area (Å²) < 4.78 is 98.1. The van der Waals surface area contributed by atoms with E-state index in [0.29, 0.717) is 23.0 Å². The van der Waals surface area contributed by atoms with E-state index in [4.69, 9.17) is 0 Å².